The molecule has 20 heavy (non-hydrogen) atoms. The summed E-state index contributed by atoms with van der Waals surface area (Å²) >= 11 is 3.44. The second kappa shape index (κ2) is 6.39. The van der Waals surface area contributed by atoms with Crippen LogP contribution in [-0.4, -0.2) is 29.8 Å². The first-order valence-corrected chi connectivity index (χ1v) is 7.59. The van der Waals surface area contributed by atoms with E-state index in [1.54, 1.807) is 11.8 Å². The number of halogens is 1. The summed E-state index contributed by atoms with van der Waals surface area (Å²) in [4.78, 5) is 25.3. The Kier molecular flexibility index (Phi) is 4.81. The van der Waals surface area contributed by atoms with Gasteiger partial charge in [0, 0.05) is 36.1 Å². The van der Waals surface area contributed by atoms with Crippen LogP contribution < -0.4 is 5.32 Å². The van der Waals surface area contributed by atoms with Gasteiger partial charge >= 0.3 is 0 Å². The van der Waals surface area contributed by atoms with E-state index < -0.39 is 0 Å². The molecule has 4 nitrogen and oxygen atoms in total. The molecule has 0 radical (unpaired) electrons. The summed E-state index contributed by atoms with van der Waals surface area (Å²) in [6.45, 7) is 4.91. The van der Waals surface area contributed by atoms with Gasteiger partial charge in [-0.3, -0.25) is 9.59 Å². The van der Waals surface area contributed by atoms with Crippen molar-refractivity contribution < 1.29 is 9.59 Å². The van der Waals surface area contributed by atoms with E-state index >= 15 is 0 Å². The standard InChI is InChI=1S/C15H19BrN2O2/c1-10-9-13(3-4-14(10)16)17-15(20)12-5-7-18(8-6-12)11(2)19/h3-4,9,12H,5-8H2,1-2H3,(H,17,20). The van der Waals surface area contributed by atoms with E-state index in [1.165, 1.54) is 0 Å². The summed E-state index contributed by atoms with van der Waals surface area (Å²) in [6, 6.07) is 5.77. The average molecular weight is 339 g/mol. The fourth-order valence-corrected chi connectivity index (χ4v) is 2.67. The zero-order valence-corrected chi connectivity index (χ0v) is 13.4. The molecule has 1 fully saturated rings. The van der Waals surface area contributed by atoms with Crippen LogP contribution in [0.25, 0.3) is 0 Å². The van der Waals surface area contributed by atoms with Gasteiger partial charge in [-0.05, 0) is 43.5 Å². The molecule has 2 rings (SSSR count). The van der Waals surface area contributed by atoms with Gasteiger partial charge in [0.2, 0.25) is 11.8 Å². The third-order valence-electron chi connectivity index (χ3n) is 3.74. The van der Waals surface area contributed by atoms with Gasteiger partial charge in [0.1, 0.15) is 0 Å². The molecule has 1 heterocycles. The Morgan fingerprint density at radius 2 is 1.95 bits per heavy atom. The first-order chi connectivity index (χ1) is 9.47. The Bertz CT molecular complexity index is 523. The molecule has 0 saturated carbocycles. The molecule has 108 valence electrons. The van der Waals surface area contributed by atoms with Gasteiger partial charge in [-0.25, -0.2) is 0 Å². The lowest BCUT2D eigenvalue weighted by Crippen LogP contribution is -2.40. The number of benzene rings is 1. The molecule has 5 heteroatoms. The number of nitrogens with zero attached hydrogens (tertiary/aromatic N) is 1. The van der Waals surface area contributed by atoms with E-state index in [4.69, 9.17) is 0 Å². The number of aryl methyl sites for hydroxylation is 1. The zero-order valence-electron chi connectivity index (χ0n) is 11.8. The quantitative estimate of drug-likeness (QED) is 0.901. The maximum atomic E-state index is 12.2. The molecule has 1 aromatic rings. The van der Waals surface area contributed by atoms with Crippen LogP contribution in [0.5, 0.6) is 0 Å². The highest BCUT2D eigenvalue weighted by atomic mass is 79.9. The summed E-state index contributed by atoms with van der Waals surface area (Å²) in [5, 5.41) is 2.96. The van der Waals surface area contributed by atoms with E-state index in [-0.39, 0.29) is 17.7 Å². The minimum atomic E-state index is -0.00504. The number of hydrogen-bond acceptors (Lipinski definition) is 2. The van der Waals surface area contributed by atoms with E-state index in [9.17, 15) is 9.59 Å². The minimum Gasteiger partial charge on any atom is -0.343 e. The second-order valence-corrected chi connectivity index (χ2v) is 6.09. The Morgan fingerprint density at radius 1 is 1.30 bits per heavy atom. The first-order valence-electron chi connectivity index (χ1n) is 6.80. The van der Waals surface area contributed by atoms with Gasteiger partial charge in [0.25, 0.3) is 0 Å². The van der Waals surface area contributed by atoms with Crippen molar-refractivity contribution in [2.24, 2.45) is 5.92 Å². The van der Waals surface area contributed by atoms with Gasteiger partial charge in [-0.2, -0.15) is 0 Å². The molecular weight excluding hydrogens is 320 g/mol. The van der Waals surface area contributed by atoms with Crippen LogP contribution in [0.4, 0.5) is 5.69 Å². The SMILES string of the molecule is CC(=O)N1CCC(C(=O)Nc2ccc(Br)c(C)c2)CC1. The van der Waals surface area contributed by atoms with E-state index in [2.05, 4.69) is 21.2 Å². The highest BCUT2D eigenvalue weighted by Gasteiger charge is 2.25. The molecule has 1 N–H and O–H groups in total. The smallest absolute Gasteiger partial charge is 0.227 e. The number of rotatable bonds is 2. The van der Waals surface area contributed by atoms with Crippen LogP contribution in [0, 0.1) is 12.8 Å². The van der Waals surface area contributed by atoms with E-state index in [0.717, 1.165) is 28.6 Å². The lowest BCUT2D eigenvalue weighted by Gasteiger charge is -2.30. The number of nitrogens with one attached hydrogen (secondary N) is 1. The zero-order chi connectivity index (χ0) is 14.7. The molecule has 1 aromatic carbocycles. The maximum absolute atomic E-state index is 12.2. The number of anilines is 1. The van der Waals surface area contributed by atoms with Crippen molar-refractivity contribution in [2.45, 2.75) is 26.7 Å². The van der Waals surface area contributed by atoms with Crippen molar-refractivity contribution in [3.05, 3.63) is 28.2 Å². The van der Waals surface area contributed by atoms with Crippen LogP contribution in [0.1, 0.15) is 25.3 Å². The summed E-state index contributed by atoms with van der Waals surface area (Å²) in [5.74, 6) is 0.136. The Balaban J connectivity index is 1.92. The predicted molar refractivity (Wildman–Crippen MR) is 82.5 cm³/mol. The van der Waals surface area contributed by atoms with Crippen molar-refractivity contribution in [1.82, 2.24) is 4.90 Å². The lowest BCUT2D eigenvalue weighted by atomic mass is 9.96. The number of carbonyl (C=O) groups is 2. The first kappa shape index (κ1) is 15.0. The lowest BCUT2D eigenvalue weighted by molar-refractivity contribution is -0.132. The molecule has 0 aliphatic carbocycles. The molecular formula is C15H19BrN2O2. The number of amides is 2. The Morgan fingerprint density at radius 3 is 2.50 bits per heavy atom. The van der Waals surface area contributed by atoms with Crippen molar-refractivity contribution in [3.63, 3.8) is 0 Å². The molecule has 0 spiro atoms. The van der Waals surface area contributed by atoms with Gasteiger partial charge in [0.15, 0.2) is 0 Å². The third kappa shape index (κ3) is 3.60. The molecule has 0 aromatic heterocycles. The van der Waals surface area contributed by atoms with Crippen molar-refractivity contribution in [1.29, 1.82) is 0 Å². The largest absolute Gasteiger partial charge is 0.343 e. The minimum absolute atomic E-state index is 0.00504. The highest BCUT2D eigenvalue weighted by molar-refractivity contribution is 9.10. The van der Waals surface area contributed by atoms with Crippen molar-refractivity contribution >= 4 is 33.4 Å². The van der Waals surface area contributed by atoms with Crippen LogP contribution >= 0.6 is 15.9 Å². The maximum Gasteiger partial charge on any atom is 0.227 e. The molecule has 0 atom stereocenters. The molecule has 0 unspecified atom stereocenters. The number of piperidine rings is 1. The fourth-order valence-electron chi connectivity index (χ4n) is 2.42. The Hall–Kier alpha value is -1.36. The molecule has 1 aliphatic heterocycles. The van der Waals surface area contributed by atoms with Gasteiger partial charge in [-0.15, -0.1) is 0 Å². The topological polar surface area (TPSA) is 49.4 Å². The second-order valence-electron chi connectivity index (χ2n) is 5.23. The average Bonchev–Trinajstić information content (AvgIpc) is 2.43. The fraction of sp³-hybridized carbons (Fsp3) is 0.467. The normalized spacial score (nSPS) is 16.1. The van der Waals surface area contributed by atoms with Crippen LogP contribution in [0.15, 0.2) is 22.7 Å². The van der Waals surface area contributed by atoms with Crippen LogP contribution in [0.3, 0.4) is 0 Å². The summed E-state index contributed by atoms with van der Waals surface area (Å²) in [5.41, 5.74) is 1.92. The van der Waals surface area contributed by atoms with Crippen molar-refractivity contribution in [2.75, 3.05) is 18.4 Å². The molecule has 1 aliphatic rings. The van der Waals surface area contributed by atoms with Crippen LogP contribution in [-0.2, 0) is 9.59 Å². The van der Waals surface area contributed by atoms with Crippen LogP contribution in [0.2, 0.25) is 0 Å². The van der Waals surface area contributed by atoms with Gasteiger partial charge in [0.05, 0.1) is 0 Å². The molecule has 1 saturated heterocycles. The number of likely N-dealkylation sites (tertiary alicyclic amines) is 1. The summed E-state index contributed by atoms with van der Waals surface area (Å²) < 4.78 is 1.03. The number of carbonyl (C=O) groups excluding carboxylic acids is 2. The summed E-state index contributed by atoms with van der Waals surface area (Å²) in [7, 11) is 0. The summed E-state index contributed by atoms with van der Waals surface area (Å²) in [6.07, 6.45) is 1.47. The number of hydrogen-bond donors (Lipinski definition) is 1. The van der Waals surface area contributed by atoms with Gasteiger partial charge < -0.3 is 10.2 Å². The Labute approximate surface area is 127 Å². The highest BCUT2D eigenvalue weighted by Crippen LogP contribution is 2.22. The van der Waals surface area contributed by atoms with Gasteiger partial charge in [-0.1, -0.05) is 15.9 Å². The monoisotopic (exact) mass is 338 g/mol. The molecule has 0 bridgehead atoms. The third-order valence-corrected chi connectivity index (χ3v) is 4.63. The van der Waals surface area contributed by atoms with E-state index in [0.29, 0.717) is 13.1 Å². The predicted octanol–water partition coefficient (Wildman–Crippen LogP) is 2.95. The van der Waals surface area contributed by atoms with Crippen molar-refractivity contribution in [3.8, 4) is 0 Å². The van der Waals surface area contributed by atoms with E-state index in [1.807, 2.05) is 25.1 Å². The molecule has 2 amide bonds.